The minimum atomic E-state index is -1.05. The Labute approximate surface area is 178 Å². The molecule has 9 heteroatoms. The summed E-state index contributed by atoms with van der Waals surface area (Å²) in [6.07, 6.45) is -1.14. The van der Waals surface area contributed by atoms with Crippen molar-refractivity contribution in [1.82, 2.24) is 4.98 Å². The maximum absolute atomic E-state index is 12.8. The summed E-state index contributed by atoms with van der Waals surface area (Å²) in [6, 6.07) is 3.26. The van der Waals surface area contributed by atoms with Gasteiger partial charge < -0.3 is 23.9 Å². The molecular formula is C21H22ClNO7. The Hall–Kier alpha value is -3.00. The minimum Gasteiger partial charge on any atom is -0.486 e. The number of hydrogen-bond acceptors (Lipinski definition) is 7. The lowest BCUT2D eigenvalue weighted by atomic mass is 10.1. The highest BCUT2D eigenvalue weighted by Gasteiger charge is 2.27. The first-order chi connectivity index (χ1) is 14.2. The van der Waals surface area contributed by atoms with Gasteiger partial charge in [-0.1, -0.05) is 11.6 Å². The van der Waals surface area contributed by atoms with Gasteiger partial charge in [0.15, 0.2) is 17.6 Å². The molecule has 0 saturated carbocycles. The highest BCUT2D eigenvalue weighted by molar-refractivity contribution is 6.32. The summed E-state index contributed by atoms with van der Waals surface area (Å²) in [5.41, 5.74) is 2.03. The molecule has 0 aliphatic carbocycles. The van der Waals surface area contributed by atoms with Gasteiger partial charge >= 0.3 is 11.9 Å². The van der Waals surface area contributed by atoms with Crippen LogP contribution in [0.5, 0.6) is 11.5 Å². The zero-order chi connectivity index (χ0) is 22.0. The van der Waals surface area contributed by atoms with Gasteiger partial charge in [-0.15, -0.1) is 0 Å². The van der Waals surface area contributed by atoms with Crippen LogP contribution in [0.4, 0.5) is 0 Å². The molecule has 0 saturated heterocycles. The van der Waals surface area contributed by atoms with Gasteiger partial charge in [-0.3, -0.25) is 9.59 Å². The first kappa shape index (κ1) is 21.7. The molecule has 0 amide bonds. The van der Waals surface area contributed by atoms with E-state index in [1.807, 2.05) is 0 Å². The largest absolute Gasteiger partial charge is 0.486 e. The Balaban J connectivity index is 1.70. The van der Waals surface area contributed by atoms with Crippen molar-refractivity contribution in [3.8, 4) is 11.5 Å². The van der Waals surface area contributed by atoms with Crippen LogP contribution in [0.2, 0.25) is 5.02 Å². The van der Waals surface area contributed by atoms with Crippen LogP contribution < -0.4 is 9.47 Å². The summed E-state index contributed by atoms with van der Waals surface area (Å²) in [5, 5.41) is 0.340. The second-order valence-corrected chi connectivity index (χ2v) is 7.30. The molecule has 0 bridgehead atoms. The smallest absolute Gasteiger partial charge is 0.339 e. The topological polar surface area (TPSA) is 104 Å². The number of benzene rings is 1. The van der Waals surface area contributed by atoms with Crippen LogP contribution in [0.1, 0.15) is 44.6 Å². The number of ketones is 1. The lowest BCUT2D eigenvalue weighted by Gasteiger charge is -2.20. The fraction of sp³-hybridized carbons (Fsp3) is 0.381. The molecule has 0 spiro atoms. The molecule has 1 atom stereocenters. The standard InChI is InChI=1S/C21H22ClNO7/c1-10-17(21(26)27-4)11(2)23-18(10)19(25)12(3)30-16(24)9-13-7-14(22)20-15(8-13)28-5-6-29-20/h7-8,12,23H,5-6,9H2,1-4H3/t12-/m0/s1. The number of hydrogen-bond donors (Lipinski definition) is 1. The van der Waals surface area contributed by atoms with Crippen LogP contribution in [0, 0.1) is 13.8 Å². The van der Waals surface area contributed by atoms with Crippen molar-refractivity contribution < 1.29 is 33.3 Å². The van der Waals surface area contributed by atoms with Gasteiger partial charge in [0.25, 0.3) is 0 Å². The van der Waals surface area contributed by atoms with Gasteiger partial charge in [0.2, 0.25) is 5.78 Å². The second-order valence-electron chi connectivity index (χ2n) is 6.89. The molecule has 3 rings (SSSR count). The van der Waals surface area contributed by atoms with Crippen LogP contribution >= 0.6 is 11.6 Å². The molecule has 0 unspecified atom stereocenters. The Morgan fingerprint density at radius 1 is 1.20 bits per heavy atom. The highest BCUT2D eigenvalue weighted by Crippen LogP contribution is 2.38. The van der Waals surface area contributed by atoms with Crippen molar-refractivity contribution in [3.05, 3.63) is 45.2 Å². The molecule has 2 heterocycles. The molecule has 1 aliphatic heterocycles. The Bertz CT molecular complexity index is 1010. The van der Waals surface area contributed by atoms with E-state index in [4.69, 9.17) is 30.5 Å². The van der Waals surface area contributed by atoms with E-state index in [2.05, 4.69) is 4.98 Å². The number of aromatic nitrogens is 1. The molecule has 8 nitrogen and oxygen atoms in total. The summed E-state index contributed by atoms with van der Waals surface area (Å²) < 4.78 is 21.0. The number of carbonyl (C=O) groups is 3. The van der Waals surface area contributed by atoms with E-state index >= 15 is 0 Å². The van der Waals surface area contributed by atoms with E-state index in [9.17, 15) is 14.4 Å². The molecule has 1 aromatic heterocycles. The van der Waals surface area contributed by atoms with Gasteiger partial charge in [-0.2, -0.15) is 0 Å². The van der Waals surface area contributed by atoms with Gasteiger partial charge in [0, 0.05) is 5.69 Å². The average molecular weight is 436 g/mol. The second kappa shape index (κ2) is 8.79. The Morgan fingerprint density at radius 2 is 1.90 bits per heavy atom. The lowest BCUT2D eigenvalue weighted by molar-refractivity contribution is -0.145. The maximum atomic E-state index is 12.8. The Kier molecular flexibility index (Phi) is 6.36. The van der Waals surface area contributed by atoms with Gasteiger partial charge in [-0.05, 0) is 44.0 Å². The number of Topliss-reactive ketones (excluding diaryl/α,β-unsaturated/α-hetero) is 1. The van der Waals surface area contributed by atoms with Crippen LogP contribution in [-0.4, -0.2) is 49.1 Å². The summed E-state index contributed by atoms with van der Waals surface area (Å²) in [5.74, 6) is -0.673. The van der Waals surface area contributed by atoms with Crippen LogP contribution in [-0.2, 0) is 20.7 Å². The van der Waals surface area contributed by atoms with Crippen molar-refractivity contribution >= 4 is 29.3 Å². The predicted octanol–water partition coefficient (Wildman–Crippen LogP) is 3.20. The summed E-state index contributed by atoms with van der Waals surface area (Å²) >= 11 is 6.19. The number of ether oxygens (including phenoxy) is 4. The molecule has 30 heavy (non-hydrogen) atoms. The molecule has 1 aromatic carbocycles. The molecule has 0 fully saturated rings. The van der Waals surface area contributed by atoms with Crippen LogP contribution in [0.15, 0.2) is 12.1 Å². The van der Waals surface area contributed by atoms with E-state index in [0.29, 0.717) is 52.1 Å². The quantitative estimate of drug-likeness (QED) is 0.548. The Morgan fingerprint density at radius 3 is 2.60 bits per heavy atom. The molecule has 1 N–H and O–H groups in total. The number of esters is 2. The van der Waals surface area contributed by atoms with E-state index in [0.717, 1.165) is 0 Å². The SMILES string of the molecule is COC(=O)c1c(C)[nH]c(C(=O)[C@H](C)OC(=O)Cc2cc(Cl)c3c(c2)OCCO3)c1C. The molecule has 0 radical (unpaired) electrons. The monoisotopic (exact) mass is 435 g/mol. The summed E-state index contributed by atoms with van der Waals surface area (Å²) in [7, 11) is 1.27. The number of aromatic amines is 1. The first-order valence-corrected chi connectivity index (χ1v) is 9.69. The normalized spacial score (nSPS) is 13.5. The van der Waals surface area contributed by atoms with Crippen molar-refractivity contribution in [2.75, 3.05) is 20.3 Å². The number of rotatable bonds is 6. The number of H-pyrrole nitrogens is 1. The third-order valence-corrected chi connectivity index (χ3v) is 5.04. The number of methoxy groups -OCH3 is 1. The van der Waals surface area contributed by atoms with Crippen LogP contribution in [0.3, 0.4) is 0 Å². The first-order valence-electron chi connectivity index (χ1n) is 9.32. The van der Waals surface area contributed by atoms with Crippen molar-refractivity contribution in [1.29, 1.82) is 0 Å². The summed E-state index contributed by atoms with van der Waals surface area (Å²) in [4.78, 5) is 39.9. The fourth-order valence-corrected chi connectivity index (χ4v) is 3.62. The van der Waals surface area contributed by atoms with Crippen LogP contribution in [0.25, 0.3) is 0 Å². The van der Waals surface area contributed by atoms with Crippen molar-refractivity contribution in [2.45, 2.75) is 33.3 Å². The fourth-order valence-electron chi connectivity index (χ4n) is 3.33. The van der Waals surface area contributed by atoms with Crippen molar-refractivity contribution in [2.24, 2.45) is 0 Å². The molecule has 160 valence electrons. The zero-order valence-electron chi connectivity index (χ0n) is 17.1. The maximum Gasteiger partial charge on any atom is 0.339 e. The number of halogens is 1. The molecule has 2 aromatic rings. The minimum absolute atomic E-state index is 0.0931. The third kappa shape index (κ3) is 4.28. The highest BCUT2D eigenvalue weighted by atomic mass is 35.5. The molecular weight excluding hydrogens is 414 g/mol. The van der Waals surface area contributed by atoms with Gasteiger partial charge in [0.05, 0.1) is 29.8 Å². The number of carbonyl (C=O) groups excluding carboxylic acids is 3. The zero-order valence-corrected chi connectivity index (χ0v) is 17.8. The average Bonchev–Trinajstić information content (AvgIpc) is 3.00. The van der Waals surface area contributed by atoms with E-state index in [1.54, 1.807) is 26.0 Å². The third-order valence-electron chi connectivity index (χ3n) is 4.76. The van der Waals surface area contributed by atoms with Crippen molar-refractivity contribution in [3.63, 3.8) is 0 Å². The van der Waals surface area contributed by atoms with E-state index in [1.165, 1.54) is 14.0 Å². The lowest BCUT2D eigenvalue weighted by Crippen LogP contribution is -2.26. The number of nitrogens with one attached hydrogen (secondary N) is 1. The van der Waals surface area contributed by atoms with E-state index < -0.39 is 23.8 Å². The van der Waals surface area contributed by atoms with Gasteiger partial charge in [0.1, 0.15) is 13.2 Å². The molecule has 1 aliphatic rings. The summed E-state index contributed by atoms with van der Waals surface area (Å²) in [6.45, 7) is 5.58. The number of aryl methyl sites for hydroxylation is 1. The predicted molar refractivity (Wildman–Crippen MR) is 108 cm³/mol. The van der Waals surface area contributed by atoms with E-state index in [-0.39, 0.29) is 12.1 Å². The number of fused-ring (bicyclic) bond motifs is 1. The van der Waals surface area contributed by atoms with Gasteiger partial charge in [-0.25, -0.2) is 4.79 Å².